The van der Waals surface area contributed by atoms with Crippen LogP contribution in [0.5, 0.6) is 5.75 Å². The Morgan fingerprint density at radius 2 is 1.86 bits per heavy atom. The zero-order valence-electron chi connectivity index (χ0n) is 19.1. The van der Waals surface area contributed by atoms with Gasteiger partial charge in [0.15, 0.2) is 5.69 Å². The highest BCUT2D eigenvalue weighted by Crippen LogP contribution is 2.57. The monoisotopic (exact) mass is 479 g/mol. The van der Waals surface area contributed by atoms with Crippen molar-refractivity contribution in [2.75, 3.05) is 11.5 Å². The molecule has 2 unspecified atom stereocenters. The topological polar surface area (TPSA) is 104 Å². The van der Waals surface area contributed by atoms with E-state index in [9.17, 15) is 20.0 Å². The predicted molar refractivity (Wildman–Crippen MR) is 129 cm³/mol. The number of amides is 2. The van der Waals surface area contributed by atoms with Crippen molar-refractivity contribution in [3.8, 4) is 11.8 Å². The molecule has 178 valence electrons. The summed E-state index contributed by atoms with van der Waals surface area (Å²) < 4.78 is 12.0. The lowest BCUT2D eigenvalue weighted by Crippen LogP contribution is -2.45. The smallest absolute Gasteiger partial charge is 0.240 e. The molecule has 2 bridgehead atoms. The summed E-state index contributed by atoms with van der Waals surface area (Å²) >= 11 is 0. The highest BCUT2D eigenvalue weighted by Gasteiger charge is 2.72. The van der Waals surface area contributed by atoms with E-state index < -0.39 is 29.6 Å². The first-order chi connectivity index (χ1) is 17.5. The number of anilines is 1. The maximum atomic E-state index is 13.8. The predicted octanol–water partition coefficient (Wildman–Crippen LogP) is 3.74. The molecule has 3 aromatic rings. The number of rotatable bonds is 5. The van der Waals surface area contributed by atoms with Gasteiger partial charge in [-0.3, -0.25) is 9.59 Å². The third-order valence-corrected chi connectivity index (χ3v) is 7.60. The van der Waals surface area contributed by atoms with Crippen LogP contribution < -0.4 is 9.64 Å². The van der Waals surface area contributed by atoms with E-state index in [1.165, 1.54) is 4.90 Å². The van der Waals surface area contributed by atoms with Crippen LogP contribution in [-0.4, -0.2) is 41.3 Å². The van der Waals surface area contributed by atoms with E-state index in [0.29, 0.717) is 39.9 Å². The van der Waals surface area contributed by atoms with Crippen molar-refractivity contribution in [2.24, 2.45) is 11.8 Å². The third kappa shape index (κ3) is 3.12. The standard InChI is InChI=1S/C28H21N3O5/c1-30-17-7-9-18(10-8-17)35-13-12-28-14-22(32)25(36-28)23-24(28)27(34)31(26(23)33)21-11-6-16(15-29)19-4-2-3-5-20(19)21/h2-11,22-25,32H,12-14H2/t22-,23+,24+,25?,28?/m0/s1. The van der Waals surface area contributed by atoms with Crippen LogP contribution in [0.3, 0.4) is 0 Å². The molecule has 0 spiro atoms. The van der Waals surface area contributed by atoms with Gasteiger partial charge in [0, 0.05) is 23.6 Å². The van der Waals surface area contributed by atoms with Gasteiger partial charge in [0.25, 0.3) is 0 Å². The fourth-order valence-corrected chi connectivity index (χ4v) is 6.04. The number of nitrogens with zero attached hydrogens (tertiary/aromatic N) is 3. The average molecular weight is 479 g/mol. The minimum atomic E-state index is -1.00. The molecule has 3 saturated heterocycles. The molecule has 3 aliphatic rings. The Labute approximate surface area is 207 Å². The molecule has 2 amide bonds. The minimum Gasteiger partial charge on any atom is -0.494 e. The lowest BCUT2D eigenvalue weighted by Gasteiger charge is -2.32. The number of aliphatic hydroxyl groups is 1. The SMILES string of the molecule is [C-]#[N+]c1ccc(OCCC23C[C@H](O)C(O2)[C@@H]2C(=O)N(c4ccc(C#N)c5ccccc45)C(=O)[C@@H]23)cc1. The summed E-state index contributed by atoms with van der Waals surface area (Å²) in [6.07, 6.45) is -1.02. The van der Waals surface area contributed by atoms with Crippen molar-refractivity contribution in [3.05, 3.63) is 77.6 Å². The van der Waals surface area contributed by atoms with Crippen molar-refractivity contribution >= 4 is 34.0 Å². The number of carbonyl (C=O) groups excluding carboxylic acids is 2. The van der Waals surface area contributed by atoms with Gasteiger partial charge in [0.2, 0.25) is 11.8 Å². The van der Waals surface area contributed by atoms with Gasteiger partial charge in [0.05, 0.1) is 60.1 Å². The number of nitriles is 1. The fraction of sp³-hybridized carbons (Fsp3) is 0.286. The van der Waals surface area contributed by atoms with Gasteiger partial charge in [-0.2, -0.15) is 5.26 Å². The molecule has 0 aliphatic carbocycles. The molecule has 3 fully saturated rings. The van der Waals surface area contributed by atoms with Crippen molar-refractivity contribution < 1.29 is 24.2 Å². The summed E-state index contributed by atoms with van der Waals surface area (Å²) in [7, 11) is 0. The number of benzene rings is 3. The van der Waals surface area contributed by atoms with Gasteiger partial charge in [-0.25, -0.2) is 9.74 Å². The van der Waals surface area contributed by atoms with Gasteiger partial charge < -0.3 is 14.6 Å². The Bertz CT molecular complexity index is 1490. The number of carbonyl (C=O) groups is 2. The molecule has 5 atom stereocenters. The summed E-state index contributed by atoms with van der Waals surface area (Å²) in [5, 5.41) is 21.5. The van der Waals surface area contributed by atoms with Crippen LogP contribution in [0.1, 0.15) is 18.4 Å². The van der Waals surface area contributed by atoms with Crippen LogP contribution in [-0.2, 0) is 14.3 Å². The second-order valence-corrected chi connectivity index (χ2v) is 9.43. The van der Waals surface area contributed by atoms with Crippen molar-refractivity contribution in [1.82, 2.24) is 0 Å². The van der Waals surface area contributed by atoms with E-state index in [2.05, 4.69) is 10.9 Å². The summed E-state index contributed by atoms with van der Waals surface area (Å²) in [6.45, 7) is 7.28. The van der Waals surface area contributed by atoms with Crippen molar-refractivity contribution in [1.29, 1.82) is 5.26 Å². The molecular weight excluding hydrogens is 458 g/mol. The molecular formula is C28H21N3O5. The van der Waals surface area contributed by atoms with Gasteiger partial charge >= 0.3 is 0 Å². The minimum absolute atomic E-state index is 0.224. The Morgan fingerprint density at radius 1 is 1.11 bits per heavy atom. The largest absolute Gasteiger partial charge is 0.494 e. The molecule has 3 aliphatic heterocycles. The second-order valence-electron chi connectivity index (χ2n) is 9.43. The van der Waals surface area contributed by atoms with E-state index >= 15 is 0 Å². The highest BCUT2D eigenvalue weighted by molar-refractivity contribution is 6.26. The second kappa shape index (κ2) is 8.17. The number of aliphatic hydroxyl groups excluding tert-OH is 1. The van der Waals surface area contributed by atoms with Gasteiger partial charge in [-0.1, -0.05) is 36.4 Å². The van der Waals surface area contributed by atoms with Crippen LogP contribution in [0.25, 0.3) is 15.6 Å². The summed E-state index contributed by atoms with van der Waals surface area (Å²) in [6, 6.07) is 19.4. The third-order valence-electron chi connectivity index (χ3n) is 7.60. The van der Waals surface area contributed by atoms with E-state index in [1.54, 1.807) is 54.6 Å². The Kier molecular flexibility index (Phi) is 5.04. The zero-order chi connectivity index (χ0) is 25.0. The van der Waals surface area contributed by atoms with Crippen LogP contribution >= 0.6 is 0 Å². The molecule has 0 radical (unpaired) electrons. The Balaban J connectivity index is 1.31. The van der Waals surface area contributed by atoms with Gasteiger partial charge in [-0.15, -0.1) is 0 Å². The van der Waals surface area contributed by atoms with Crippen LogP contribution in [0.4, 0.5) is 11.4 Å². The quantitative estimate of drug-likeness (QED) is 0.442. The molecule has 6 rings (SSSR count). The summed E-state index contributed by atoms with van der Waals surface area (Å²) in [5.74, 6) is -1.64. The number of hydrogen-bond acceptors (Lipinski definition) is 6. The first kappa shape index (κ1) is 22.2. The lowest BCUT2D eigenvalue weighted by molar-refractivity contribution is -0.128. The summed E-state index contributed by atoms with van der Waals surface area (Å²) in [5.41, 5.74) is 0.407. The highest BCUT2D eigenvalue weighted by atomic mass is 16.5. The normalized spacial score (nSPS) is 28.2. The Morgan fingerprint density at radius 3 is 2.58 bits per heavy atom. The zero-order valence-corrected chi connectivity index (χ0v) is 19.1. The van der Waals surface area contributed by atoms with Crippen molar-refractivity contribution in [2.45, 2.75) is 30.7 Å². The molecule has 8 heteroatoms. The van der Waals surface area contributed by atoms with Crippen molar-refractivity contribution in [3.63, 3.8) is 0 Å². The first-order valence-electron chi connectivity index (χ1n) is 11.7. The number of hydrogen-bond donors (Lipinski definition) is 1. The lowest BCUT2D eigenvalue weighted by atomic mass is 9.70. The molecule has 8 nitrogen and oxygen atoms in total. The van der Waals surface area contributed by atoms with E-state index in [-0.39, 0.29) is 24.8 Å². The number of ether oxygens (including phenoxy) is 2. The molecule has 0 aromatic heterocycles. The summed E-state index contributed by atoms with van der Waals surface area (Å²) in [4.78, 5) is 32.0. The van der Waals surface area contributed by atoms with Crippen LogP contribution in [0, 0.1) is 29.7 Å². The average Bonchev–Trinajstić information content (AvgIpc) is 3.50. The molecule has 3 heterocycles. The molecule has 36 heavy (non-hydrogen) atoms. The van der Waals surface area contributed by atoms with E-state index in [4.69, 9.17) is 16.0 Å². The van der Waals surface area contributed by atoms with E-state index in [1.807, 2.05) is 6.07 Å². The van der Waals surface area contributed by atoms with Crippen LogP contribution in [0.15, 0.2) is 60.7 Å². The molecule has 0 saturated carbocycles. The number of fused-ring (bicyclic) bond motifs is 6. The maximum absolute atomic E-state index is 13.8. The molecule has 1 N–H and O–H groups in total. The van der Waals surface area contributed by atoms with Crippen LogP contribution in [0.2, 0.25) is 0 Å². The first-order valence-corrected chi connectivity index (χ1v) is 11.7. The molecule has 3 aromatic carbocycles. The van der Waals surface area contributed by atoms with Gasteiger partial charge in [0.1, 0.15) is 5.75 Å². The fourth-order valence-electron chi connectivity index (χ4n) is 6.04. The maximum Gasteiger partial charge on any atom is 0.240 e. The van der Waals surface area contributed by atoms with Gasteiger partial charge in [-0.05, 0) is 24.3 Å². The van der Waals surface area contributed by atoms with E-state index in [0.717, 1.165) is 0 Å². The number of imide groups is 1. The Hall–Kier alpha value is -4.24.